The molecule has 3 heteroatoms. The molecule has 114 valence electrons. The first-order valence-corrected chi connectivity index (χ1v) is 7.75. The van der Waals surface area contributed by atoms with Gasteiger partial charge in [-0.25, -0.2) is 0 Å². The first-order valence-electron chi connectivity index (χ1n) is 7.75. The van der Waals surface area contributed by atoms with Crippen molar-refractivity contribution in [3.8, 4) is 0 Å². The van der Waals surface area contributed by atoms with E-state index >= 15 is 0 Å². The van der Waals surface area contributed by atoms with Gasteiger partial charge in [0.15, 0.2) is 0 Å². The number of benzene rings is 1. The van der Waals surface area contributed by atoms with Crippen molar-refractivity contribution < 1.29 is 0 Å². The lowest BCUT2D eigenvalue weighted by atomic mass is 9.94. The average molecular weight is 285 g/mol. The van der Waals surface area contributed by atoms with E-state index < -0.39 is 0 Å². The van der Waals surface area contributed by atoms with Gasteiger partial charge in [0.05, 0.1) is 6.20 Å². The van der Waals surface area contributed by atoms with Crippen LogP contribution in [0.4, 0.5) is 5.69 Å². The molecular formula is C18H27N3. The van der Waals surface area contributed by atoms with E-state index in [9.17, 15) is 0 Å². The Morgan fingerprint density at radius 2 is 1.86 bits per heavy atom. The Morgan fingerprint density at radius 1 is 1.14 bits per heavy atom. The van der Waals surface area contributed by atoms with Crippen molar-refractivity contribution in [2.75, 3.05) is 5.32 Å². The number of nitrogens with one attached hydrogen (secondary N) is 1. The van der Waals surface area contributed by atoms with Crippen molar-refractivity contribution >= 4 is 5.69 Å². The molecule has 0 saturated heterocycles. The van der Waals surface area contributed by atoms with Crippen LogP contribution in [0.2, 0.25) is 0 Å². The summed E-state index contributed by atoms with van der Waals surface area (Å²) in [6.07, 6.45) is 1.94. The maximum atomic E-state index is 4.30. The molecule has 1 aromatic carbocycles. The van der Waals surface area contributed by atoms with E-state index in [2.05, 4.69) is 63.2 Å². The number of nitrogens with zero attached hydrogens (tertiary/aromatic N) is 2. The van der Waals surface area contributed by atoms with Crippen molar-refractivity contribution in [1.29, 1.82) is 0 Å². The lowest BCUT2D eigenvalue weighted by Crippen LogP contribution is -2.05. The lowest BCUT2D eigenvalue weighted by molar-refractivity contribution is 0.738. The largest absolute Gasteiger partial charge is 0.381 e. The molecule has 0 saturated carbocycles. The van der Waals surface area contributed by atoms with E-state index in [0.29, 0.717) is 11.8 Å². The predicted molar refractivity (Wildman–Crippen MR) is 89.9 cm³/mol. The highest BCUT2D eigenvalue weighted by atomic mass is 15.3. The summed E-state index contributed by atoms with van der Waals surface area (Å²) in [4.78, 5) is 0. The summed E-state index contributed by atoms with van der Waals surface area (Å²) in [6, 6.07) is 6.79. The molecule has 0 amide bonds. The summed E-state index contributed by atoms with van der Waals surface area (Å²) >= 11 is 0. The number of aryl methyl sites for hydroxylation is 1. The Balaban J connectivity index is 2.21. The Hall–Kier alpha value is -1.77. The summed E-state index contributed by atoms with van der Waals surface area (Å²) < 4.78 is 1.92. The van der Waals surface area contributed by atoms with Gasteiger partial charge in [-0.1, -0.05) is 39.8 Å². The number of hydrogen-bond donors (Lipinski definition) is 1. The zero-order valence-electron chi connectivity index (χ0n) is 14.1. The van der Waals surface area contributed by atoms with Crippen LogP contribution in [0.5, 0.6) is 0 Å². The van der Waals surface area contributed by atoms with Gasteiger partial charge >= 0.3 is 0 Å². The van der Waals surface area contributed by atoms with Gasteiger partial charge in [0.1, 0.15) is 0 Å². The van der Waals surface area contributed by atoms with Gasteiger partial charge in [0.2, 0.25) is 0 Å². The molecule has 1 aromatic heterocycles. The molecule has 0 aliphatic heterocycles. The fourth-order valence-corrected chi connectivity index (χ4v) is 2.49. The fourth-order valence-electron chi connectivity index (χ4n) is 2.49. The standard InChI is InChI=1S/C18H27N3/c1-12(2)15-7-8-18(17(9-15)13(3)4)19-10-16-11-20-21(6)14(16)5/h7-9,11-13,19H,10H2,1-6H3. The van der Waals surface area contributed by atoms with E-state index in [1.54, 1.807) is 0 Å². The molecule has 2 aromatic rings. The molecule has 0 aliphatic carbocycles. The van der Waals surface area contributed by atoms with Gasteiger partial charge in [0.25, 0.3) is 0 Å². The summed E-state index contributed by atoms with van der Waals surface area (Å²) in [6.45, 7) is 11.9. The smallest absolute Gasteiger partial charge is 0.0542 e. The quantitative estimate of drug-likeness (QED) is 0.871. The van der Waals surface area contributed by atoms with Crippen molar-refractivity contribution in [2.45, 2.75) is 53.0 Å². The summed E-state index contributed by atoms with van der Waals surface area (Å²) in [5.74, 6) is 1.08. The van der Waals surface area contributed by atoms with Gasteiger partial charge in [-0.2, -0.15) is 5.10 Å². The lowest BCUT2D eigenvalue weighted by Gasteiger charge is -2.17. The van der Waals surface area contributed by atoms with E-state index in [1.165, 1.54) is 28.1 Å². The third-order valence-electron chi connectivity index (χ3n) is 4.17. The SMILES string of the molecule is Cc1c(CNc2ccc(C(C)C)cc2C(C)C)cnn1C. The Labute approximate surface area is 128 Å². The van der Waals surface area contributed by atoms with Crippen LogP contribution in [0.1, 0.15) is 61.9 Å². The highest BCUT2D eigenvalue weighted by Crippen LogP contribution is 2.28. The van der Waals surface area contributed by atoms with Gasteiger partial charge < -0.3 is 5.32 Å². The molecule has 0 bridgehead atoms. The van der Waals surface area contributed by atoms with Crippen LogP contribution in [0.15, 0.2) is 24.4 Å². The van der Waals surface area contributed by atoms with Crippen LogP contribution in [0.25, 0.3) is 0 Å². The number of aromatic nitrogens is 2. The molecule has 0 radical (unpaired) electrons. The first kappa shape index (κ1) is 15.6. The summed E-state index contributed by atoms with van der Waals surface area (Å²) in [7, 11) is 1.98. The predicted octanol–water partition coefficient (Wildman–Crippen LogP) is 4.59. The average Bonchev–Trinajstić information content (AvgIpc) is 2.76. The summed E-state index contributed by atoms with van der Waals surface area (Å²) in [5, 5.41) is 7.88. The van der Waals surface area contributed by atoms with Gasteiger partial charge in [-0.15, -0.1) is 0 Å². The molecule has 1 heterocycles. The zero-order valence-corrected chi connectivity index (χ0v) is 14.1. The van der Waals surface area contributed by atoms with E-state index in [-0.39, 0.29) is 0 Å². The monoisotopic (exact) mass is 285 g/mol. The summed E-state index contributed by atoms with van der Waals surface area (Å²) in [5.41, 5.74) is 6.50. The zero-order chi connectivity index (χ0) is 15.6. The van der Waals surface area contributed by atoms with Crippen molar-refractivity contribution in [2.24, 2.45) is 7.05 Å². The molecule has 21 heavy (non-hydrogen) atoms. The van der Waals surface area contributed by atoms with Crippen LogP contribution in [0, 0.1) is 6.92 Å². The van der Waals surface area contributed by atoms with Crippen LogP contribution in [-0.4, -0.2) is 9.78 Å². The molecule has 3 nitrogen and oxygen atoms in total. The van der Waals surface area contributed by atoms with Gasteiger partial charge in [0, 0.05) is 30.5 Å². The Kier molecular flexibility index (Phi) is 4.71. The highest BCUT2D eigenvalue weighted by Gasteiger charge is 2.10. The molecule has 0 spiro atoms. The second-order valence-corrected chi connectivity index (χ2v) is 6.39. The molecule has 0 unspecified atom stereocenters. The third kappa shape index (κ3) is 3.46. The van der Waals surface area contributed by atoms with Crippen molar-refractivity contribution in [3.05, 3.63) is 46.8 Å². The molecule has 0 atom stereocenters. The third-order valence-corrected chi connectivity index (χ3v) is 4.17. The van der Waals surface area contributed by atoms with Gasteiger partial charge in [-0.05, 0) is 36.0 Å². The van der Waals surface area contributed by atoms with Crippen LogP contribution in [0.3, 0.4) is 0 Å². The second kappa shape index (κ2) is 6.33. The molecule has 2 rings (SSSR count). The van der Waals surface area contributed by atoms with E-state index in [0.717, 1.165) is 6.54 Å². The van der Waals surface area contributed by atoms with E-state index in [4.69, 9.17) is 0 Å². The van der Waals surface area contributed by atoms with Crippen LogP contribution < -0.4 is 5.32 Å². The first-order chi connectivity index (χ1) is 9.90. The van der Waals surface area contributed by atoms with E-state index in [1.807, 2.05) is 17.9 Å². The number of rotatable bonds is 5. The normalized spacial score (nSPS) is 11.4. The maximum absolute atomic E-state index is 4.30. The molecular weight excluding hydrogens is 258 g/mol. The van der Waals surface area contributed by atoms with Crippen LogP contribution >= 0.6 is 0 Å². The molecule has 1 N–H and O–H groups in total. The minimum absolute atomic E-state index is 0.515. The minimum Gasteiger partial charge on any atom is -0.381 e. The van der Waals surface area contributed by atoms with Crippen molar-refractivity contribution in [1.82, 2.24) is 9.78 Å². The molecule has 0 aliphatic rings. The Morgan fingerprint density at radius 3 is 2.38 bits per heavy atom. The maximum Gasteiger partial charge on any atom is 0.0542 e. The second-order valence-electron chi connectivity index (χ2n) is 6.39. The minimum atomic E-state index is 0.515. The topological polar surface area (TPSA) is 29.9 Å². The number of hydrogen-bond acceptors (Lipinski definition) is 2. The van der Waals surface area contributed by atoms with Crippen molar-refractivity contribution in [3.63, 3.8) is 0 Å². The van der Waals surface area contributed by atoms with Gasteiger partial charge in [-0.3, -0.25) is 4.68 Å². The fraction of sp³-hybridized carbons (Fsp3) is 0.500. The number of anilines is 1. The molecule has 0 fully saturated rings. The Bertz CT molecular complexity index is 609. The van der Waals surface area contributed by atoms with Crippen LogP contribution in [-0.2, 0) is 13.6 Å². The highest BCUT2D eigenvalue weighted by molar-refractivity contribution is 5.55.